The maximum Gasteiger partial charge on any atom is 0.156 e. The molecule has 0 spiro atoms. The van der Waals surface area contributed by atoms with Crippen molar-refractivity contribution in [1.29, 1.82) is 0 Å². The van der Waals surface area contributed by atoms with E-state index >= 15 is 0 Å². The minimum absolute atomic E-state index is 0.457. The van der Waals surface area contributed by atoms with Gasteiger partial charge in [-0.1, -0.05) is 297 Å². The van der Waals surface area contributed by atoms with E-state index in [0.29, 0.717) is 5.41 Å². The van der Waals surface area contributed by atoms with Crippen LogP contribution in [-0.4, -0.2) is 52.8 Å². The standard InChI is InChI=1S/C102H169BN2/c1-102(2,3)81-53-48-69(49-54-81)80-64-94-99-95(65-80)105(101-88(72-38-21-9-22-39-72)60-79(68-32-15-6-16-33-68)61-89(101)73-40-23-10-24-41-73)93-57-52-77(82-55-50-75-44-26-46-84-83-45-25-42-74-43-27-47-85(96(74)83)98(82)97(75)84)63-91(93)103(99)90-62-76(66-28-11-4-12-29-66)51-56-92(90)104(94)100-86(70-34-17-7-18-35-70)58-78(67-30-13-5-14-31-67)59-87(100)71-36-19-8-20-37-71/h66-101H,4-65H2,1-3H3. The van der Waals surface area contributed by atoms with E-state index in [-0.39, 0.29) is 0 Å². The summed E-state index contributed by atoms with van der Waals surface area (Å²) >= 11 is 0. The molecule has 0 amide bonds. The predicted octanol–water partition coefficient (Wildman–Crippen LogP) is 28.5. The number of hydrogen-bond donors (Lipinski definition) is 0. The van der Waals surface area contributed by atoms with Gasteiger partial charge < -0.3 is 0 Å². The molecule has 20 fully saturated rings. The van der Waals surface area contributed by atoms with Gasteiger partial charge in [0.15, 0.2) is 6.71 Å². The zero-order valence-corrected chi connectivity index (χ0v) is 69.6. The third-order valence-corrected chi connectivity index (χ3v) is 42.5. The molecule has 3 heteroatoms. The molecule has 20 rings (SSSR count). The van der Waals surface area contributed by atoms with Crippen molar-refractivity contribution in [3.05, 3.63) is 0 Å². The maximum absolute atomic E-state index is 4.07. The SMILES string of the molecule is CC(C)(C)C1CCC(C2CC3C4B(C5CC(C6CCCCC6)CCC5N3C3C(C5CCCCC5)CC(C5CCCCC5)CC3C3CCCCC3)C3CC(C5CCC6CCCC7C8CCCC9CCCC(C98)C5C67)CCC3N(C3C(C5CCCCC5)CC(C5CCCCC5)CC3C3CCCCC3)C4C2)CC1. The first-order valence-corrected chi connectivity index (χ1v) is 51.3. The van der Waals surface area contributed by atoms with Crippen LogP contribution in [-0.2, 0) is 0 Å². The maximum atomic E-state index is 4.07. The van der Waals surface area contributed by atoms with Crippen LogP contribution < -0.4 is 0 Å². The molecule has 0 N–H and O–H groups in total. The quantitative estimate of drug-likeness (QED) is 0.190. The Morgan fingerprint density at radius 2 is 0.524 bits per heavy atom. The number of hydrogen-bond acceptors (Lipinski definition) is 2. The van der Waals surface area contributed by atoms with Crippen molar-refractivity contribution in [2.45, 2.75) is 473 Å². The van der Waals surface area contributed by atoms with Crippen LogP contribution in [0.15, 0.2) is 0 Å². The topological polar surface area (TPSA) is 6.48 Å². The molecule has 590 valence electrons. The van der Waals surface area contributed by atoms with Gasteiger partial charge >= 0.3 is 0 Å². The van der Waals surface area contributed by atoms with E-state index < -0.39 is 0 Å². The molecule has 18 aliphatic carbocycles. The van der Waals surface area contributed by atoms with Crippen molar-refractivity contribution in [3.63, 3.8) is 0 Å². The van der Waals surface area contributed by atoms with Gasteiger partial charge in [-0.25, -0.2) is 0 Å². The Bertz CT molecular complexity index is 2680. The van der Waals surface area contributed by atoms with E-state index in [1.807, 2.05) is 0 Å². The fraction of sp³-hybridized carbons (Fsp3) is 1.00. The minimum Gasteiger partial charge on any atom is -0.295 e. The molecule has 2 nitrogen and oxygen atoms in total. The van der Waals surface area contributed by atoms with E-state index in [2.05, 4.69) is 30.6 Å². The Labute approximate surface area is 650 Å². The minimum atomic E-state index is 0.457. The summed E-state index contributed by atoms with van der Waals surface area (Å²) in [5, 5.41) is 0. The monoisotopic (exact) mass is 1430 g/mol. The number of rotatable bonds is 11. The smallest absolute Gasteiger partial charge is 0.156 e. The lowest BCUT2D eigenvalue weighted by molar-refractivity contribution is -0.169. The highest BCUT2D eigenvalue weighted by atomic mass is 15.3. The van der Waals surface area contributed by atoms with Crippen molar-refractivity contribution in [2.75, 3.05) is 0 Å². The lowest BCUT2D eigenvalue weighted by Gasteiger charge is -2.73. The third kappa shape index (κ3) is 14.1. The second-order valence-electron chi connectivity index (χ2n) is 47.2. The molecule has 0 aromatic carbocycles. The zero-order valence-electron chi connectivity index (χ0n) is 69.6. The first-order valence-electron chi connectivity index (χ1n) is 51.3. The molecule has 20 aliphatic rings. The fourth-order valence-corrected chi connectivity index (χ4v) is 38.7. The predicted molar refractivity (Wildman–Crippen MR) is 443 cm³/mol. The van der Waals surface area contributed by atoms with Gasteiger partial charge in [-0.3, -0.25) is 9.80 Å². The Balaban J connectivity index is 0.773. The summed E-state index contributed by atoms with van der Waals surface area (Å²) in [6.07, 6.45) is 99.6. The van der Waals surface area contributed by atoms with Crippen molar-refractivity contribution in [2.24, 2.45) is 165 Å². The number of nitrogens with zero attached hydrogens (tertiary/aromatic N) is 2. The van der Waals surface area contributed by atoms with Crippen LogP contribution in [0.1, 0.15) is 419 Å². The van der Waals surface area contributed by atoms with Gasteiger partial charge in [-0.05, 0) is 305 Å². The van der Waals surface area contributed by atoms with E-state index in [0.717, 1.165) is 220 Å². The van der Waals surface area contributed by atoms with Gasteiger partial charge in [-0.15, -0.1) is 0 Å². The zero-order chi connectivity index (χ0) is 69.9. The second-order valence-corrected chi connectivity index (χ2v) is 47.2. The van der Waals surface area contributed by atoms with Crippen LogP contribution in [0.4, 0.5) is 0 Å². The van der Waals surface area contributed by atoms with Crippen molar-refractivity contribution < 1.29 is 0 Å². The summed E-state index contributed by atoms with van der Waals surface area (Å²) in [5.41, 5.74) is 0.457. The third-order valence-electron chi connectivity index (χ3n) is 42.5. The highest BCUT2D eigenvalue weighted by Crippen LogP contribution is 2.72. The molecule has 0 aromatic rings. The largest absolute Gasteiger partial charge is 0.295 e. The van der Waals surface area contributed by atoms with E-state index in [1.54, 1.807) is 398 Å². The lowest BCUT2D eigenvalue weighted by atomic mass is 9.17. The molecule has 18 saturated carbocycles. The molecule has 0 aromatic heterocycles. The first kappa shape index (κ1) is 73.8. The van der Waals surface area contributed by atoms with E-state index in [4.69, 9.17) is 0 Å². The van der Waals surface area contributed by atoms with Gasteiger partial charge in [0.05, 0.1) is 0 Å². The van der Waals surface area contributed by atoms with Crippen LogP contribution in [0, 0.1) is 165 Å². The van der Waals surface area contributed by atoms with Crippen LogP contribution in [0.25, 0.3) is 0 Å². The average Bonchev–Trinajstić information content (AvgIpc) is 0.687. The van der Waals surface area contributed by atoms with Gasteiger partial charge in [0.25, 0.3) is 0 Å². The van der Waals surface area contributed by atoms with Crippen LogP contribution in [0.2, 0.25) is 17.5 Å². The highest BCUT2D eigenvalue weighted by molar-refractivity contribution is 6.65. The van der Waals surface area contributed by atoms with Crippen molar-refractivity contribution >= 4 is 6.71 Å². The second kappa shape index (κ2) is 32.2. The fourth-order valence-electron chi connectivity index (χ4n) is 38.7. The Kier molecular flexibility index (Phi) is 22.7. The Hall–Kier alpha value is -0.0151. The molecule has 2 heterocycles. The molecule has 0 bridgehead atoms. The van der Waals surface area contributed by atoms with E-state index in [9.17, 15) is 0 Å². The van der Waals surface area contributed by atoms with Crippen LogP contribution in [0.5, 0.6) is 0 Å². The Morgan fingerprint density at radius 1 is 0.200 bits per heavy atom. The van der Waals surface area contributed by atoms with Gasteiger partial charge in [0, 0.05) is 36.3 Å². The molecular weight excluding hydrogens is 1260 g/mol. The molecule has 0 radical (unpaired) electrons. The first-order chi connectivity index (χ1) is 51.7. The van der Waals surface area contributed by atoms with Gasteiger partial charge in [-0.2, -0.15) is 0 Å². The lowest BCUT2D eigenvalue weighted by Crippen LogP contribution is -2.77. The van der Waals surface area contributed by atoms with Crippen molar-refractivity contribution in [1.82, 2.24) is 9.80 Å². The molecule has 2 aliphatic heterocycles. The molecule has 105 heavy (non-hydrogen) atoms. The summed E-state index contributed by atoms with van der Waals surface area (Å²) in [7, 11) is 0. The van der Waals surface area contributed by atoms with Crippen LogP contribution in [0.3, 0.4) is 0 Å². The van der Waals surface area contributed by atoms with E-state index in [1.165, 1.54) is 0 Å². The highest BCUT2D eigenvalue weighted by Gasteiger charge is 2.70. The summed E-state index contributed by atoms with van der Waals surface area (Å²) in [5.74, 6) is 31.1. The number of fused-ring (bicyclic) bond motifs is 6. The molecular formula is C102H169BN2. The molecule has 23 unspecified atom stereocenters. The summed E-state index contributed by atoms with van der Waals surface area (Å²) < 4.78 is 0. The normalized spacial score (nSPS) is 49.5. The summed E-state index contributed by atoms with van der Waals surface area (Å²) in [6.45, 7) is 9.02. The average molecular weight is 1430 g/mol. The molecule has 2 saturated heterocycles. The van der Waals surface area contributed by atoms with Gasteiger partial charge in [0.2, 0.25) is 0 Å². The van der Waals surface area contributed by atoms with Gasteiger partial charge in [0.1, 0.15) is 0 Å². The summed E-state index contributed by atoms with van der Waals surface area (Å²) in [6, 6.07) is 5.30. The summed E-state index contributed by atoms with van der Waals surface area (Å²) in [4.78, 5) is 8.11. The Morgan fingerprint density at radius 3 is 0.952 bits per heavy atom. The van der Waals surface area contributed by atoms with Crippen LogP contribution >= 0.6 is 0 Å². The van der Waals surface area contributed by atoms with Crippen molar-refractivity contribution in [3.8, 4) is 0 Å². The molecule has 23 atom stereocenters.